The molecule has 2 aromatic carbocycles. The summed E-state index contributed by atoms with van der Waals surface area (Å²) in [6, 6.07) is 8.64. The maximum atomic E-state index is 13.7. The summed E-state index contributed by atoms with van der Waals surface area (Å²) in [5, 5.41) is 10.6. The number of morpholine rings is 1. The topological polar surface area (TPSA) is 108 Å². The van der Waals surface area contributed by atoms with Crippen molar-refractivity contribution in [1.82, 2.24) is 9.97 Å². The van der Waals surface area contributed by atoms with Crippen LogP contribution in [0.4, 0.5) is 36.1 Å². The van der Waals surface area contributed by atoms with Gasteiger partial charge in [-0.25, -0.2) is 9.97 Å². The molecule has 0 unspecified atom stereocenters. The van der Waals surface area contributed by atoms with Gasteiger partial charge in [-0.15, -0.1) is 11.3 Å². The lowest BCUT2D eigenvalue weighted by Gasteiger charge is -2.29. The molecule has 218 valence electrons. The number of hydrogen-bond donors (Lipinski definition) is 3. The Balaban J connectivity index is 1.22. The number of aryl methyl sites for hydroxylation is 1. The Labute approximate surface area is 243 Å². The summed E-state index contributed by atoms with van der Waals surface area (Å²) < 4.78 is 47.2. The second-order valence-electron chi connectivity index (χ2n) is 10.3. The van der Waals surface area contributed by atoms with Gasteiger partial charge in [0.15, 0.2) is 0 Å². The minimum atomic E-state index is -4.62. The first-order valence-electron chi connectivity index (χ1n) is 13.4. The van der Waals surface area contributed by atoms with Crippen LogP contribution in [0.25, 0.3) is 10.2 Å². The van der Waals surface area contributed by atoms with Crippen molar-refractivity contribution in [3.63, 3.8) is 0 Å². The molecular weight excluding hydrogens is 569 g/mol. The van der Waals surface area contributed by atoms with Crippen LogP contribution in [-0.2, 0) is 10.9 Å². The Hall–Kier alpha value is -4.23. The van der Waals surface area contributed by atoms with Crippen molar-refractivity contribution in [3.8, 4) is 0 Å². The molecule has 2 aromatic heterocycles. The van der Waals surface area contributed by atoms with Crippen molar-refractivity contribution in [3.05, 3.63) is 70.4 Å². The molecule has 3 heterocycles. The fourth-order valence-electron chi connectivity index (χ4n) is 4.67. The number of thiophene rings is 1. The molecule has 0 spiro atoms. The average Bonchev–Trinajstić information content (AvgIpc) is 3.68. The molecule has 1 aliphatic carbocycles. The number of hydrogen-bond acceptors (Lipinski definition) is 8. The normalized spacial score (nSPS) is 15.5. The fraction of sp³-hybridized carbons (Fsp3) is 0.310. The van der Waals surface area contributed by atoms with Gasteiger partial charge in [0.25, 0.3) is 11.8 Å². The van der Waals surface area contributed by atoms with Crippen molar-refractivity contribution in [1.29, 1.82) is 0 Å². The predicted molar refractivity (Wildman–Crippen MR) is 156 cm³/mol. The number of amides is 2. The maximum absolute atomic E-state index is 13.7. The number of nitrogens with one attached hydrogen (secondary N) is 3. The Morgan fingerprint density at radius 2 is 1.81 bits per heavy atom. The van der Waals surface area contributed by atoms with E-state index in [4.69, 9.17) is 4.74 Å². The van der Waals surface area contributed by atoms with E-state index in [9.17, 15) is 22.8 Å². The summed E-state index contributed by atoms with van der Waals surface area (Å²) in [4.78, 5) is 36.8. The van der Waals surface area contributed by atoms with Gasteiger partial charge in [-0.1, -0.05) is 6.07 Å². The number of ether oxygens (including phenoxy) is 1. The van der Waals surface area contributed by atoms with E-state index in [-0.39, 0.29) is 11.5 Å². The molecule has 42 heavy (non-hydrogen) atoms. The third-order valence-corrected chi connectivity index (χ3v) is 8.12. The summed E-state index contributed by atoms with van der Waals surface area (Å²) in [7, 11) is 0. The minimum Gasteiger partial charge on any atom is -0.378 e. The standard InChI is InChI=1S/C29H27F3N6O3S/c1-16-2-3-20(36-27(39)17-10-18(29(30,31)32)12-21(11-17)38-6-8-41-9-7-38)13-23(16)37-28(40)22-14-42-25-24(22)33-15-34-26(25)35-19-4-5-19/h2-3,10-15,19H,4-9H2,1H3,(H,36,39)(H,37,40)(H,33,34,35). The molecule has 0 atom stereocenters. The summed E-state index contributed by atoms with van der Waals surface area (Å²) in [6.45, 7) is 3.43. The van der Waals surface area contributed by atoms with Gasteiger partial charge in [0.05, 0.1) is 34.6 Å². The molecular formula is C29H27F3N6O3S. The average molecular weight is 597 g/mol. The number of aromatic nitrogens is 2. The smallest absolute Gasteiger partial charge is 0.378 e. The first kappa shape index (κ1) is 27.9. The van der Waals surface area contributed by atoms with E-state index in [1.165, 1.54) is 23.7 Å². The third-order valence-electron chi connectivity index (χ3n) is 7.14. The second kappa shape index (κ2) is 11.2. The zero-order valence-corrected chi connectivity index (χ0v) is 23.4. The summed E-state index contributed by atoms with van der Waals surface area (Å²) in [6.07, 6.45) is -1.03. The highest BCUT2D eigenvalue weighted by atomic mass is 32.1. The number of benzene rings is 2. The zero-order valence-electron chi connectivity index (χ0n) is 22.5. The van der Waals surface area contributed by atoms with Crippen LogP contribution in [0.15, 0.2) is 48.1 Å². The van der Waals surface area contributed by atoms with E-state index >= 15 is 0 Å². The van der Waals surface area contributed by atoms with E-state index in [1.807, 2.05) is 0 Å². The Bertz CT molecular complexity index is 1660. The van der Waals surface area contributed by atoms with Crippen molar-refractivity contribution < 1.29 is 27.5 Å². The van der Waals surface area contributed by atoms with Crippen LogP contribution in [-0.4, -0.2) is 54.1 Å². The molecule has 1 saturated carbocycles. The number of rotatable bonds is 7. The van der Waals surface area contributed by atoms with Gasteiger partial charge in [-0.3, -0.25) is 9.59 Å². The van der Waals surface area contributed by atoms with Gasteiger partial charge in [0.2, 0.25) is 0 Å². The number of fused-ring (bicyclic) bond motifs is 1. The lowest BCUT2D eigenvalue weighted by Crippen LogP contribution is -2.36. The van der Waals surface area contributed by atoms with E-state index in [0.29, 0.717) is 66.3 Å². The van der Waals surface area contributed by atoms with Gasteiger partial charge in [-0.05, 0) is 55.7 Å². The van der Waals surface area contributed by atoms with Crippen LogP contribution >= 0.6 is 11.3 Å². The summed E-state index contributed by atoms with van der Waals surface area (Å²) in [5.41, 5.74) is 1.70. The van der Waals surface area contributed by atoms with Crippen LogP contribution in [0, 0.1) is 6.92 Å². The number of carbonyl (C=O) groups excluding carboxylic acids is 2. The van der Waals surface area contributed by atoms with E-state index in [2.05, 4.69) is 25.9 Å². The molecule has 2 amide bonds. The van der Waals surface area contributed by atoms with Crippen LogP contribution in [0.3, 0.4) is 0 Å². The van der Waals surface area contributed by atoms with Gasteiger partial charge in [0.1, 0.15) is 12.1 Å². The highest BCUT2D eigenvalue weighted by Gasteiger charge is 2.32. The van der Waals surface area contributed by atoms with Gasteiger partial charge in [0, 0.05) is 47.1 Å². The van der Waals surface area contributed by atoms with Crippen LogP contribution in [0.2, 0.25) is 0 Å². The highest BCUT2D eigenvalue weighted by molar-refractivity contribution is 7.18. The van der Waals surface area contributed by atoms with Gasteiger partial charge < -0.3 is 25.6 Å². The van der Waals surface area contributed by atoms with Gasteiger partial charge in [-0.2, -0.15) is 13.2 Å². The lowest BCUT2D eigenvalue weighted by molar-refractivity contribution is -0.137. The van der Waals surface area contributed by atoms with E-state index in [0.717, 1.165) is 35.2 Å². The molecule has 2 fully saturated rings. The van der Waals surface area contributed by atoms with Crippen LogP contribution in [0.5, 0.6) is 0 Å². The molecule has 1 saturated heterocycles. The molecule has 0 radical (unpaired) electrons. The molecule has 9 nitrogen and oxygen atoms in total. The SMILES string of the molecule is Cc1ccc(NC(=O)c2cc(N3CCOCC3)cc(C(F)(F)F)c2)cc1NC(=O)c1csc2c(NC3CC3)ncnc12. The first-order chi connectivity index (χ1) is 20.2. The Morgan fingerprint density at radius 3 is 2.55 bits per heavy atom. The molecule has 13 heteroatoms. The Morgan fingerprint density at radius 1 is 1.02 bits per heavy atom. The van der Waals surface area contributed by atoms with Gasteiger partial charge >= 0.3 is 6.18 Å². The minimum absolute atomic E-state index is 0.127. The molecule has 4 aromatic rings. The maximum Gasteiger partial charge on any atom is 0.416 e. The van der Waals surface area contributed by atoms with Crippen molar-refractivity contribution in [2.24, 2.45) is 0 Å². The Kier molecular flexibility index (Phi) is 7.45. The largest absolute Gasteiger partial charge is 0.416 e. The monoisotopic (exact) mass is 596 g/mol. The van der Waals surface area contributed by atoms with E-state index < -0.39 is 17.6 Å². The molecule has 6 rings (SSSR count). The van der Waals surface area contributed by atoms with Crippen molar-refractivity contribution in [2.45, 2.75) is 32.0 Å². The van der Waals surface area contributed by atoms with Crippen LogP contribution in [0.1, 0.15) is 44.7 Å². The van der Waals surface area contributed by atoms with Crippen molar-refractivity contribution >= 4 is 56.2 Å². The predicted octanol–water partition coefficient (Wildman–Crippen LogP) is 5.93. The highest BCUT2D eigenvalue weighted by Crippen LogP contribution is 2.35. The molecule has 1 aliphatic heterocycles. The quantitative estimate of drug-likeness (QED) is 0.243. The molecule has 3 N–H and O–H groups in total. The number of nitrogens with zero attached hydrogens (tertiary/aromatic N) is 3. The number of alkyl halides is 3. The third kappa shape index (κ3) is 6.02. The van der Waals surface area contributed by atoms with Crippen LogP contribution < -0.4 is 20.9 Å². The lowest BCUT2D eigenvalue weighted by atomic mass is 10.1. The number of halogens is 3. The van der Waals surface area contributed by atoms with Crippen molar-refractivity contribution in [2.75, 3.05) is 47.2 Å². The first-order valence-corrected chi connectivity index (χ1v) is 14.3. The molecule has 0 bridgehead atoms. The van der Waals surface area contributed by atoms with E-state index in [1.54, 1.807) is 35.4 Å². The second-order valence-corrected chi connectivity index (χ2v) is 11.2. The molecule has 2 aliphatic rings. The zero-order chi connectivity index (χ0) is 29.4. The number of carbonyl (C=O) groups is 2. The fourth-order valence-corrected chi connectivity index (χ4v) is 5.63. The summed E-state index contributed by atoms with van der Waals surface area (Å²) in [5.74, 6) is -0.372. The summed E-state index contributed by atoms with van der Waals surface area (Å²) >= 11 is 1.38. The number of anilines is 4.